The lowest BCUT2D eigenvalue weighted by molar-refractivity contribution is 0.0697. The molecule has 1 aromatic carbocycles. The molecule has 0 aliphatic carbocycles. The molecule has 0 radical (unpaired) electrons. The molecule has 0 aromatic heterocycles. The van der Waals surface area contributed by atoms with E-state index in [4.69, 9.17) is 5.11 Å². The quantitative estimate of drug-likeness (QED) is 0.887. The van der Waals surface area contributed by atoms with Crippen LogP contribution in [-0.4, -0.2) is 34.6 Å². The van der Waals surface area contributed by atoms with E-state index < -0.39 is 5.97 Å². The molecule has 0 saturated heterocycles. The monoisotopic (exact) mass is 278 g/mol. The number of amides is 2. The topological polar surface area (TPSA) is 69.6 Å². The molecule has 5 heteroatoms. The number of aryl methyl sites for hydroxylation is 1. The number of benzene rings is 1. The summed E-state index contributed by atoms with van der Waals surface area (Å²) >= 11 is 0. The molecule has 1 rings (SSSR count). The van der Waals surface area contributed by atoms with Gasteiger partial charge in [-0.05, 0) is 44.9 Å². The van der Waals surface area contributed by atoms with E-state index in [1.807, 2.05) is 27.7 Å². The molecule has 0 spiro atoms. The van der Waals surface area contributed by atoms with Crippen LogP contribution in [0.15, 0.2) is 18.2 Å². The summed E-state index contributed by atoms with van der Waals surface area (Å²) in [6.07, 6.45) is 0.824. The van der Waals surface area contributed by atoms with E-state index in [0.717, 1.165) is 12.0 Å². The summed E-state index contributed by atoms with van der Waals surface area (Å²) in [4.78, 5) is 24.8. The molecule has 0 heterocycles. The number of rotatable bonds is 4. The molecule has 0 aliphatic rings. The number of hydrogen-bond donors (Lipinski definition) is 2. The van der Waals surface area contributed by atoms with E-state index in [-0.39, 0.29) is 17.1 Å². The number of carboxylic acids is 1. The fraction of sp³-hybridized carbons (Fsp3) is 0.467. The first-order valence-electron chi connectivity index (χ1n) is 6.57. The summed E-state index contributed by atoms with van der Waals surface area (Å²) in [7, 11) is 1.73. The summed E-state index contributed by atoms with van der Waals surface area (Å²) in [5, 5.41) is 11.8. The van der Waals surface area contributed by atoms with Crippen molar-refractivity contribution in [3.63, 3.8) is 0 Å². The number of carbonyl (C=O) groups excluding carboxylic acids is 1. The van der Waals surface area contributed by atoms with Crippen LogP contribution in [0.4, 0.5) is 10.5 Å². The second kappa shape index (κ2) is 5.94. The molecule has 0 unspecified atom stereocenters. The third-order valence-electron chi connectivity index (χ3n) is 3.80. The highest BCUT2D eigenvalue weighted by Crippen LogP contribution is 2.21. The van der Waals surface area contributed by atoms with Crippen LogP contribution < -0.4 is 5.32 Å². The van der Waals surface area contributed by atoms with E-state index in [1.54, 1.807) is 18.0 Å². The molecule has 5 nitrogen and oxygen atoms in total. The zero-order valence-electron chi connectivity index (χ0n) is 12.7. The van der Waals surface area contributed by atoms with E-state index in [0.29, 0.717) is 5.69 Å². The summed E-state index contributed by atoms with van der Waals surface area (Å²) in [6, 6.07) is 4.43. The molecular weight excluding hydrogens is 256 g/mol. The number of nitrogens with one attached hydrogen (secondary N) is 1. The van der Waals surface area contributed by atoms with Crippen LogP contribution in [-0.2, 0) is 0 Å². The Morgan fingerprint density at radius 1 is 1.35 bits per heavy atom. The lowest BCUT2D eigenvalue weighted by atomic mass is 10.0. The van der Waals surface area contributed by atoms with Crippen LogP contribution >= 0.6 is 0 Å². The number of nitrogens with zero attached hydrogens (tertiary/aromatic N) is 1. The SMILES string of the molecule is CCC(C)(C)N(C)C(=O)Nc1cc(C(=O)O)ccc1C. The van der Waals surface area contributed by atoms with Gasteiger partial charge in [0.15, 0.2) is 0 Å². The Bertz CT molecular complexity index is 524. The molecule has 0 saturated carbocycles. The fourth-order valence-electron chi connectivity index (χ4n) is 1.60. The zero-order chi connectivity index (χ0) is 15.5. The molecule has 2 N–H and O–H groups in total. The average Bonchev–Trinajstić information content (AvgIpc) is 2.39. The standard InChI is InChI=1S/C15H22N2O3/c1-6-15(3,4)17(5)14(20)16-12-9-11(13(18)19)8-7-10(12)2/h7-9H,6H2,1-5H3,(H,16,20)(H,18,19). The fourth-order valence-corrected chi connectivity index (χ4v) is 1.60. The van der Waals surface area contributed by atoms with Gasteiger partial charge in [0, 0.05) is 18.3 Å². The maximum absolute atomic E-state index is 12.2. The molecule has 110 valence electrons. The van der Waals surface area contributed by atoms with Crippen LogP contribution in [0.3, 0.4) is 0 Å². The van der Waals surface area contributed by atoms with Crippen molar-refractivity contribution in [2.45, 2.75) is 39.7 Å². The maximum atomic E-state index is 12.2. The van der Waals surface area contributed by atoms with Gasteiger partial charge < -0.3 is 15.3 Å². The largest absolute Gasteiger partial charge is 0.478 e. The Kier molecular flexibility index (Phi) is 4.76. The van der Waals surface area contributed by atoms with Crippen LogP contribution in [0.1, 0.15) is 43.1 Å². The minimum absolute atomic E-state index is 0.156. The van der Waals surface area contributed by atoms with E-state index in [9.17, 15) is 9.59 Å². The van der Waals surface area contributed by atoms with E-state index in [1.165, 1.54) is 12.1 Å². The average molecular weight is 278 g/mol. The van der Waals surface area contributed by atoms with Crippen molar-refractivity contribution < 1.29 is 14.7 Å². The van der Waals surface area contributed by atoms with E-state index in [2.05, 4.69) is 5.32 Å². The number of aromatic carboxylic acids is 1. The zero-order valence-corrected chi connectivity index (χ0v) is 12.7. The molecule has 1 aromatic rings. The van der Waals surface area contributed by atoms with E-state index >= 15 is 0 Å². The molecule has 0 fully saturated rings. The van der Waals surface area contributed by atoms with Gasteiger partial charge in [0.25, 0.3) is 0 Å². The lowest BCUT2D eigenvalue weighted by Gasteiger charge is -2.34. The van der Waals surface area contributed by atoms with Crippen molar-refractivity contribution in [1.29, 1.82) is 0 Å². The third-order valence-corrected chi connectivity index (χ3v) is 3.80. The minimum Gasteiger partial charge on any atom is -0.478 e. The Labute approximate surface area is 119 Å². The summed E-state index contributed by atoms with van der Waals surface area (Å²) in [5.41, 5.74) is 1.24. The van der Waals surface area contributed by atoms with Crippen molar-refractivity contribution in [2.75, 3.05) is 12.4 Å². The van der Waals surface area contributed by atoms with Crippen molar-refractivity contribution in [2.24, 2.45) is 0 Å². The van der Waals surface area contributed by atoms with Crippen LogP contribution in [0.25, 0.3) is 0 Å². The van der Waals surface area contributed by atoms with Gasteiger partial charge in [0.05, 0.1) is 5.56 Å². The molecule has 20 heavy (non-hydrogen) atoms. The number of anilines is 1. The van der Waals surface area contributed by atoms with Gasteiger partial charge in [-0.25, -0.2) is 9.59 Å². The molecule has 0 atom stereocenters. The maximum Gasteiger partial charge on any atom is 0.335 e. The smallest absolute Gasteiger partial charge is 0.335 e. The number of hydrogen-bond acceptors (Lipinski definition) is 2. The lowest BCUT2D eigenvalue weighted by Crippen LogP contribution is -2.46. The second-order valence-corrected chi connectivity index (χ2v) is 5.49. The predicted octanol–water partition coefficient (Wildman–Crippen LogP) is 3.35. The number of carboxylic acid groups (broad SMARTS) is 1. The first-order chi connectivity index (χ1) is 9.19. The number of carbonyl (C=O) groups is 2. The highest BCUT2D eigenvalue weighted by Gasteiger charge is 2.25. The first-order valence-corrected chi connectivity index (χ1v) is 6.57. The summed E-state index contributed by atoms with van der Waals surface area (Å²) in [6.45, 7) is 7.80. The van der Waals surface area contributed by atoms with Crippen molar-refractivity contribution in [3.05, 3.63) is 29.3 Å². The summed E-state index contributed by atoms with van der Waals surface area (Å²) in [5.74, 6) is -1.01. The van der Waals surface area contributed by atoms with Crippen LogP contribution in [0, 0.1) is 6.92 Å². The third kappa shape index (κ3) is 3.50. The molecule has 0 bridgehead atoms. The van der Waals surface area contributed by atoms with Gasteiger partial charge in [-0.15, -0.1) is 0 Å². The van der Waals surface area contributed by atoms with Gasteiger partial charge in [-0.2, -0.15) is 0 Å². The van der Waals surface area contributed by atoms with Crippen molar-refractivity contribution in [3.8, 4) is 0 Å². The molecular formula is C15H22N2O3. The second-order valence-electron chi connectivity index (χ2n) is 5.49. The highest BCUT2D eigenvalue weighted by atomic mass is 16.4. The summed E-state index contributed by atoms with van der Waals surface area (Å²) < 4.78 is 0. The Hall–Kier alpha value is -2.04. The Balaban J connectivity index is 2.96. The molecule has 0 aliphatic heterocycles. The van der Waals surface area contributed by atoms with Gasteiger partial charge in [-0.3, -0.25) is 0 Å². The van der Waals surface area contributed by atoms with Gasteiger partial charge in [-0.1, -0.05) is 13.0 Å². The normalized spacial score (nSPS) is 11.1. The molecule has 2 amide bonds. The van der Waals surface area contributed by atoms with Gasteiger partial charge in [0.1, 0.15) is 0 Å². The number of urea groups is 1. The van der Waals surface area contributed by atoms with Crippen molar-refractivity contribution in [1.82, 2.24) is 4.90 Å². The van der Waals surface area contributed by atoms with Crippen molar-refractivity contribution >= 4 is 17.7 Å². The Morgan fingerprint density at radius 2 is 1.95 bits per heavy atom. The minimum atomic E-state index is -1.01. The van der Waals surface area contributed by atoms with Gasteiger partial charge in [0.2, 0.25) is 0 Å². The van der Waals surface area contributed by atoms with Crippen LogP contribution in [0.5, 0.6) is 0 Å². The highest BCUT2D eigenvalue weighted by molar-refractivity contribution is 5.94. The first kappa shape index (κ1) is 16.0. The predicted molar refractivity (Wildman–Crippen MR) is 79.3 cm³/mol. The Morgan fingerprint density at radius 3 is 2.45 bits per heavy atom. The van der Waals surface area contributed by atoms with Gasteiger partial charge >= 0.3 is 12.0 Å². The van der Waals surface area contributed by atoms with Crippen LogP contribution in [0.2, 0.25) is 0 Å².